The summed E-state index contributed by atoms with van der Waals surface area (Å²) >= 11 is 0. The molecule has 1 atom stereocenters. The van der Waals surface area contributed by atoms with E-state index in [1.807, 2.05) is 4.90 Å². The third kappa shape index (κ3) is 3.42. The minimum atomic E-state index is 0.0257. The number of methoxy groups -OCH3 is 2. The smallest absolute Gasteiger partial charge is 0.254 e. The van der Waals surface area contributed by atoms with E-state index in [1.54, 1.807) is 32.4 Å². The van der Waals surface area contributed by atoms with Crippen molar-refractivity contribution in [2.45, 2.75) is 19.4 Å². The van der Waals surface area contributed by atoms with Crippen LogP contribution in [-0.2, 0) is 0 Å². The average molecular weight is 278 g/mol. The molecular weight excluding hydrogens is 256 g/mol. The summed E-state index contributed by atoms with van der Waals surface area (Å²) in [7, 11) is 3.17. The Morgan fingerprint density at radius 1 is 1.25 bits per heavy atom. The molecule has 1 amide bonds. The lowest BCUT2D eigenvalue weighted by molar-refractivity contribution is 0.0754. The Morgan fingerprint density at radius 3 is 2.50 bits per heavy atom. The fourth-order valence-corrected chi connectivity index (χ4v) is 2.40. The highest BCUT2D eigenvalue weighted by atomic mass is 16.5. The molecule has 1 N–H and O–H groups in total. The van der Waals surface area contributed by atoms with E-state index in [0.717, 1.165) is 26.1 Å². The Labute approximate surface area is 119 Å². The quantitative estimate of drug-likeness (QED) is 0.911. The van der Waals surface area contributed by atoms with Gasteiger partial charge in [0.15, 0.2) is 0 Å². The first-order valence-electron chi connectivity index (χ1n) is 6.89. The highest BCUT2D eigenvalue weighted by molar-refractivity contribution is 5.95. The zero-order valence-corrected chi connectivity index (χ0v) is 12.3. The molecule has 1 aromatic carbocycles. The van der Waals surface area contributed by atoms with Crippen molar-refractivity contribution in [2.24, 2.45) is 0 Å². The zero-order chi connectivity index (χ0) is 14.5. The van der Waals surface area contributed by atoms with Crippen LogP contribution in [0.1, 0.15) is 23.7 Å². The van der Waals surface area contributed by atoms with Gasteiger partial charge in [0.25, 0.3) is 5.91 Å². The minimum absolute atomic E-state index is 0.0257. The van der Waals surface area contributed by atoms with Crippen LogP contribution in [0.3, 0.4) is 0 Å². The fourth-order valence-electron chi connectivity index (χ4n) is 2.40. The molecule has 1 saturated heterocycles. The lowest BCUT2D eigenvalue weighted by atomic mass is 10.1. The van der Waals surface area contributed by atoms with Crippen molar-refractivity contribution in [3.8, 4) is 11.5 Å². The molecular formula is C15H22N2O3. The largest absolute Gasteiger partial charge is 0.497 e. The third-order valence-corrected chi connectivity index (χ3v) is 3.48. The number of nitrogens with one attached hydrogen (secondary N) is 1. The van der Waals surface area contributed by atoms with Gasteiger partial charge in [-0.15, -0.1) is 0 Å². The van der Waals surface area contributed by atoms with E-state index in [0.29, 0.717) is 23.1 Å². The highest BCUT2D eigenvalue weighted by Gasteiger charge is 2.21. The van der Waals surface area contributed by atoms with Crippen molar-refractivity contribution in [1.82, 2.24) is 10.2 Å². The maximum atomic E-state index is 12.6. The molecule has 1 aromatic rings. The molecule has 0 radical (unpaired) electrons. The van der Waals surface area contributed by atoms with Gasteiger partial charge in [-0.05, 0) is 32.0 Å². The summed E-state index contributed by atoms with van der Waals surface area (Å²) in [5.41, 5.74) is 0.607. The maximum absolute atomic E-state index is 12.6. The lowest BCUT2D eigenvalue weighted by Crippen LogP contribution is -2.38. The first-order valence-corrected chi connectivity index (χ1v) is 6.89. The summed E-state index contributed by atoms with van der Waals surface area (Å²) < 4.78 is 10.4. The molecule has 1 heterocycles. The minimum Gasteiger partial charge on any atom is -0.497 e. The summed E-state index contributed by atoms with van der Waals surface area (Å²) in [4.78, 5) is 14.5. The van der Waals surface area contributed by atoms with Crippen molar-refractivity contribution < 1.29 is 14.3 Å². The van der Waals surface area contributed by atoms with Gasteiger partial charge in [-0.1, -0.05) is 0 Å². The van der Waals surface area contributed by atoms with E-state index in [-0.39, 0.29) is 5.91 Å². The summed E-state index contributed by atoms with van der Waals surface area (Å²) in [6, 6.07) is 5.60. The molecule has 5 heteroatoms. The van der Waals surface area contributed by atoms with Gasteiger partial charge in [-0.2, -0.15) is 0 Å². The van der Waals surface area contributed by atoms with Crippen LogP contribution in [0.4, 0.5) is 0 Å². The fraction of sp³-hybridized carbons (Fsp3) is 0.533. The molecule has 5 nitrogen and oxygen atoms in total. The van der Waals surface area contributed by atoms with Crippen molar-refractivity contribution >= 4 is 5.91 Å². The molecule has 0 bridgehead atoms. The van der Waals surface area contributed by atoms with Gasteiger partial charge in [-0.25, -0.2) is 0 Å². The second-order valence-electron chi connectivity index (χ2n) is 5.06. The summed E-state index contributed by atoms with van der Waals surface area (Å²) in [6.45, 7) is 4.54. The molecule has 20 heavy (non-hydrogen) atoms. The monoisotopic (exact) mass is 278 g/mol. The van der Waals surface area contributed by atoms with Crippen molar-refractivity contribution in [1.29, 1.82) is 0 Å². The topological polar surface area (TPSA) is 50.8 Å². The van der Waals surface area contributed by atoms with Crippen LogP contribution in [0.15, 0.2) is 18.2 Å². The van der Waals surface area contributed by atoms with Gasteiger partial charge < -0.3 is 19.7 Å². The lowest BCUT2D eigenvalue weighted by Gasteiger charge is -2.23. The highest BCUT2D eigenvalue weighted by Crippen LogP contribution is 2.23. The van der Waals surface area contributed by atoms with Gasteiger partial charge in [-0.3, -0.25) is 4.79 Å². The molecule has 1 aliphatic rings. The van der Waals surface area contributed by atoms with Crippen LogP contribution >= 0.6 is 0 Å². The van der Waals surface area contributed by atoms with Crippen LogP contribution in [0.2, 0.25) is 0 Å². The van der Waals surface area contributed by atoms with Crippen LogP contribution in [-0.4, -0.2) is 50.7 Å². The molecule has 0 saturated carbocycles. The Bertz CT molecular complexity index is 454. The Hall–Kier alpha value is -1.75. The number of rotatable bonds is 3. The third-order valence-electron chi connectivity index (χ3n) is 3.48. The molecule has 1 aliphatic heterocycles. The number of hydrogen-bond donors (Lipinski definition) is 1. The van der Waals surface area contributed by atoms with Crippen LogP contribution in [0.5, 0.6) is 11.5 Å². The van der Waals surface area contributed by atoms with Crippen LogP contribution in [0.25, 0.3) is 0 Å². The predicted molar refractivity (Wildman–Crippen MR) is 77.5 cm³/mol. The predicted octanol–water partition coefficient (Wildman–Crippen LogP) is 1.53. The molecule has 0 aliphatic carbocycles. The van der Waals surface area contributed by atoms with E-state index in [2.05, 4.69) is 12.2 Å². The van der Waals surface area contributed by atoms with E-state index in [4.69, 9.17) is 9.47 Å². The second kappa shape index (κ2) is 6.61. The van der Waals surface area contributed by atoms with Crippen molar-refractivity contribution in [3.05, 3.63) is 23.8 Å². The van der Waals surface area contributed by atoms with Crippen LogP contribution < -0.4 is 14.8 Å². The molecule has 110 valence electrons. The van der Waals surface area contributed by atoms with E-state index in [1.165, 1.54) is 0 Å². The SMILES string of the molecule is COc1cc(OC)cc(C(=O)N2CCCNC(C)C2)c1. The number of carbonyl (C=O) groups is 1. The maximum Gasteiger partial charge on any atom is 0.254 e. The zero-order valence-electron chi connectivity index (χ0n) is 12.3. The van der Waals surface area contributed by atoms with Gasteiger partial charge in [0.05, 0.1) is 14.2 Å². The standard InChI is InChI=1S/C15H22N2O3/c1-11-10-17(6-4-5-16-11)15(18)12-7-13(19-2)9-14(8-12)20-3/h7-9,11,16H,4-6,10H2,1-3H3. The van der Waals surface area contributed by atoms with Gasteiger partial charge in [0.2, 0.25) is 0 Å². The number of ether oxygens (including phenoxy) is 2. The Morgan fingerprint density at radius 2 is 1.90 bits per heavy atom. The Kier molecular flexibility index (Phi) is 4.84. The number of nitrogens with zero attached hydrogens (tertiary/aromatic N) is 1. The number of hydrogen-bond acceptors (Lipinski definition) is 4. The average Bonchev–Trinajstić information content (AvgIpc) is 2.70. The first-order chi connectivity index (χ1) is 9.63. The molecule has 2 rings (SSSR count). The summed E-state index contributed by atoms with van der Waals surface area (Å²) in [5.74, 6) is 1.29. The number of benzene rings is 1. The van der Waals surface area contributed by atoms with Gasteiger partial charge >= 0.3 is 0 Å². The van der Waals surface area contributed by atoms with Crippen LogP contribution in [0, 0.1) is 0 Å². The molecule has 0 aromatic heterocycles. The van der Waals surface area contributed by atoms with E-state index in [9.17, 15) is 4.79 Å². The van der Waals surface area contributed by atoms with Crippen molar-refractivity contribution in [3.63, 3.8) is 0 Å². The van der Waals surface area contributed by atoms with E-state index >= 15 is 0 Å². The van der Waals surface area contributed by atoms with Gasteiger partial charge in [0, 0.05) is 30.8 Å². The summed E-state index contributed by atoms with van der Waals surface area (Å²) in [5, 5.41) is 3.38. The molecule has 1 fully saturated rings. The summed E-state index contributed by atoms with van der Waals surface area (Å²) in [6.07, 6.45) is 0.969. The number of amides is 1. The normalized spacial score (nSPS) is 19.4. The number of carbonyl (C=O) groups excluding carboxylic acids is 1. The first kappa shape index (κ1) is 14.7. The molecule has 1 unspecified atom stereocenters. The second-order valence-corrected chi connectivity index (χ2v) is 5.06. The van der Waals surface area contributed by atoms with Crippen molar-refractivity contribution in [2.75, 3.05) is 33.9 Å². The van der Waals surface area contributed by atoms with E-state index < -0.39 is 0 Å². The van der Waals surface area contributed by atoms with Gasteiger partial charge in [0.1, 0.15) is 11.5 Å². The Balaban J connectivity index is 2.22. The molecule has 0 spiro atoms.